The van der Waals surface area contributed by atoms with E-state index in [9.17, 15) is 4.79 Å². The molecule has 4 N–H and O–H groups in total. The van der Waals surface area contributed by atoms with Crippen molar-refractivity contribution in [1.29, 1.82) is 0 Å². The maximum atomic E-state index is 11.2. The van der Waals surface area contributed by atoms with Crippen molar-refractivity contribution in [1.82, 2.24) is 4.98 Å². The van der Waals surface area contributed by atoms with Gasteiger partial charge in [0.1, 0.15) is 12.4 Å². The molecule has 92 valence electrons. The number of primary amides is 1. The first kappa shape index (κ1) is 11.9. The van der Waals surface area contributed by atoms with Crippen LogP contribution in [0.4, 0.5) is 5.69 Å². The number of benzene rings is 1. The van der Waals surface area contributed by atoms with Crippen molar-refractivity contribution >= 4 is 11.6 Å². The Morgan fingerprint density at radius 1 is 1.33 bits per heavy atom. The molecule has 1 amide bonds. The summed E-state index contributed by atoms with van der Waals surface area (Å²) in [5.74, 6) is -0.164. The average Bonchev–Trinajstić information content (AvgIpc) is 2.37. The van der Waals surface area contributed by atoms with Gasteiger partial charge in [0.15, 0.2) is 0 Å². The van der Waals surface area contributed by atoms with E-state index in [1.807, 2.05) is 12.1 Å². The second-order valence-electron chi connectivity index (χ2n) is 3.77. The third kappa shape index (κ3) is 2.76. The lowest BCUT2D eigenvalue weighted by atomic mass is 10.1. The molecule has 0 fully saturated rings. The van der Waals surface area contributed by atoms with Gasteiger partial charge in [-0.1, -0.05) is 6.07 Å². The Hall–Kier alpha value is -2.56. The molecule has 2 rings (SSSR count). The number of hydrogen-bond donors (Lipinski definition) is 2. The zero-order valence-corrected chi connectivity index (χ0v) is 9.67. The molecular weight excluding hydrogens is 230 g/mol. The third-order valence-electron chi connectivity index (χ3n) is 2.39. The largest absolute Gasteiger partial charge is 0.488 e. The summed E-state index contributed by atoms with van der Waals surface area (Å²) in [5, 5.41) is 0. The van der Waals surface area contributed by atoms with E-state index in [0.29, 0.717) is 23.6 Å². The Kier molecular flexibility index (Phi) is 3.43. The quantitative estimate of drug-likeness (QED) is 0.793. The maximum absolute atomic E-state index is 11.2. The van der Waals surface area contributed by atoms with Crippen LogP contribution in [0.2, 0.25) is 0 Å². The minimum atomic E-state index is -0.545. The minimum Gasteiger partial charge on any atom is -0.488 e. The second kappa shape index (κ2) is 5.18. The van der Waals surface area contributed by atoms with Crippen LogP contribution in [0.15, 0.2) is 42.7 Å². The number of amides is 1. The first-order valence-electron chi connectivity index (χ1n) is 5.38. The number of nitrogens with zero attached hydrogens (tertiary/aromatic N) is 1. The van der Waals surface area contributed by atoms with Crippen LogP contribution in [0.25, 0.3) is 0 Å². The Morgan fingerprint density at radius 2 is 2.17 bits per heavy atom. The van der Waals surface area contributed by atoms with Crippen LogP contribution in [-0.2, 0) is 6.61 Å². The number of hydrogen-bond acceptors (Lipinski definition) is 4. The normalized spacial score (nSPS) is 10.0. The SMILES string of the molecule is NC(=O)c1ccc(N)cc1OCc1cccnc1. The first-order valence-corrected chi connectivity index (χ1v) is 5.38. The van der Waals surface area contributed by atoms with Crippen LogP contribution in [0.3, 0.4) is 0 Å². The highest BCUT2D eigenvalue weighted by atomic mass is 16.5. The highest BCUT2D eigenvalue weighted by molar-refractivity contribution is 5.96. The number of pyridine rings is 1. The third-order valence-corrected chi connectivity index (χ3v) is 2.39. The molecule has 5 heteroatoms. The summed E-state index contributed by atoms with van der Waals surface area (Å²) < 4.78 is 5.54. The lowest BCUT2D eigenvalue weighted by Crippen LogP contribution is -2.13. The van der Waals surface area contributed by atoms with Crippen LogP contribution in [-0.4, -0.2) is 10.9 Å². The van der Waals surface area contributed by atoms with Crippen molar-refractivity contribution in [2.75, 3.05) is 5.73 Å². The number of carbonyl (C=O) groups excluding carboxylic acids is 1. The molecule has 1 heterocycles. The highest BCUT2D eigenvalue weighted by Crippen LogP contribution is 2.22. The van der Waals surface area contributed by atoms with Gasteiger partial charge in [0.2, 0.25) is 0 Å². The summed E-state index contributed by atoms with van der Waals surface area (Å²) >= 11 is 0. The number of aromatic nitrogens is 1. The number of nitrogens with two attached hydrogens (primary N) is 2. The summed E-state index contributed by atoms with van der Waals surface area (Å²) in [7, 11) is 0. The van der Waals surface area contributed by atoms with Crippen molar-refractivity contribution < 1.29 is 9.53 Å². The second-order valence-corrected chi connectivity index (χ2v) is 3.77. The van der Waals surface area contributed by atoms with Gasteiger partial charge in [-0.05, 0) is 18.2 Å². The first-order chi connectivity index (χ1) is 8.66. The number of carbonyl (C=O) groups is 1. The van der Waals surface area contributed by atoms with Crippen LogP contribution < -0.4 is 16.2 Å². The Balaban J connectivity index is 2.18. The molecule has 1 aromatic heterocycles. The van der Waals surface area contributed by atoms with Gasteiger partial charge in [0, 0.05) is 29.7 Å². The number of ether oxygens (including phenoxy) is 1. The molecule has 0 saturated heterocycles. The molecule has 1 aromatic carbocycles. The number of anilines is 1. The molecule has 0 radical (unpaired) electrons. The van der Waals surface area contributed by atoms with E-state index in [-0.39, 0.29) is 0 Å². The van der Waals surface area contributed by atoms with Crippen LogP contribution in [0.5, 0.6) is 5.75 Å². The Labute approximate surface area is 104 Å². The molecular formula is C13H13N3O2. The number of nitrogen functional groups attached to an aromatic ring is 1. The van der Waals surface area contributed by atoms with E-state index in [4.69, 9.17) is 16.2 Å². The Morgan fingerprint density at radius 3 is 2.83 bits per heavy atom. The smallest absolute Gasteiger partial charge is 0.252 e. The zero-order valence-electron chi connectivity index (χ0n) is 9.67. The van der Waals surface area contributed by atoms with Crippen LogP contribution in [0.1, 0.15) is 15.9 Å². The van der Waals surface area contributed by atoms with Gasteiger partial charge in [-0.15, -0.1) is 0 Å². The summed E-state index contributed by atoms with van der Waals surface area (Å²) in [6.45, 7) is 0.303. The van der Waals surface area contributed by atoms with Gasteiger partial charge in [-0.3, -0.25) is 9.78 Å². The fraction of sp³-hybridized carbons (Fsp3) is 0.0769. The summed E-state index contributed by atoms with van der Waals surface area (Å²) in [6.07, 6.45) is 3.37. The van der Waals surface area contributed by atoms with Gasteiger partial charge in [-0.25, -0.2) is 0 Å². The molecule has 0 atom stereocenters. The number of rotatable bonds is 4. The molecule has 0 aliphatic carbocycles. The van der Waals surface area contributed by atoms with Gasteiger partial charge >= 0.3 is 0 Å². The minimum absolute atomic E-state index is 0.303. The highest BCUT2D eigenvalue weighted by Gasteiger charge is 2.09. The average molecular weight is 243 g/mol. The van der Waals surface area contributed by atoms with Crippen molar-refractivity contribution in [2.24, 2.45) is 5.73 Å². The fourth-order valence-electron chi connectivity index (χ4n) is 1.51. The van der Waals surface area contributed by atoms with Crippen LogP contribution in [0, 0.1) is 0 Å². The standard InChI is InChI=1S/C13H13N3O2/c14-10-3-4-11(13(15)17)12(6-10)18-8-9-2-1-5-16-7-9/h1-7H,8,14H2,(H2,15,17). The Bertz CT molecular complexity index is 555. The molecule has 5 nitrogen and oxygen atoms in total. The summed E-state index contributed by atoms with van der Waals surface area (Å²) in [4.78, 5) is 15.2. The predicted molar refractivity (Wildman–Crippen MR) is 67.9 cm³/mol. The van der Waals surface area contributed by atoms with Crippen molar-refractivity contribution in [2.45, 2.75) is 6.61 Å². The molecule has 2 aromatic rings. The van der Waals surface area contributed by atoms with Crippen molar-refractivity contribution in [3.63, 3.8) is 0 Å². The summed E-state index contributed by atoms with van der Waals surface area (Å²) in [5.41, 5.74) is 12.6. The van der Waals surface area contributed by atoms with Gasteiger partial charge in [0.25, 0.3) is 5.91 Å². The van der Waals surface area contributed by atoms with Crippen LogP contribution >= 0.6 is 0 Å². The molecule has 0 aliphatic heterocycles. The van der Waals surface area contributed by atoms with E-state index in [1.54, 1.807) is 30.6 Å². The zero-order chi connectivity index (χ0) is 13.0. The van der Waals surface area contributed by atoms with E-state index in [1.165, 1.54) is 0 Å². The lowest BCUT2D eigenvalue weighted by molar-refractivity contribution is 0.0996. The molecule has 18 heavy (non-hydrogen) atoms. The monoisotopic (exact) mass is 243 g/mol. The molecule has 0 unspecified atom stereocenters. The molecule has 0 bridgehead atoms. The fourth-order valence-corrected chi connectivity index (χ4v) is 1.51. The van der Waals surface area contributed by atoms with Crippen molar-refractivity contribution in [3.8, 4) is 5.75 Å². The van der Waals surface area contributed by atoms with E-state index < -0.39 is 5.91 Å². The van der Waals surface area contributed by atoms with Gasteiger partial charge in [-0.2, -0.15) is 0 Å². The van der Waals surface area contributed by atoms with E-state index in [2.05, 4.69) is 4.98 Å². The maximum Gasteiger partial charge on any atom is 0.252 e. The van der Waals surface area contributed by atoms with E-state index in [0.717, 1.165) is 5.56 Å². The van der Waals surface area contributed by atoms with Gasteiger partial charge in [0.05, 0.1) is 5.56 Å². The molecule has 0 saturated carbocycles. The van der Waals surface area contributed by atoms with E-state index >= 15 is 0 Å². The summed E-state index contributed by atoms with van der Waals surface area (Å²) in [6, 6.07) is 8.43. The van der Waals surface area contributed by atoms with Crippen molar-refractivity contribution in [3.05, 3.63) is 53.9 Å². The molecule has 0 spiro atoms. The topological polar surface area (TPSA) is 91.2 Å². The molecule has 0 aliphatic rings. The van der Waals surface area contributed by atoms with Gasteiger partial charge < -0.3 is 16.2 Å². The lowest BCUT2D eigenvalue weighted by Gasteiger charge is -2.10. The predicted octanol–water partition coefficient (Wildman–Crippen LogP) is 1.34.